The third-order valence-electron chi connectivity index (χ3n) is 3.14. The van der Waals surface area contributed by atoms with Gasteiger partial charge in [-0.3, -0.25) is 0 Å². The van der Waals surface area contributed by atoms with Crippen molar-refractivity contribution in [2.45, 2.75) is 12.6 Å². The largest absolute Gasteiger partial charge is 0.391 e. The number of hydrogen-bond acceptors (Lipinski definition) is 3. The molecular weight excluding hydrogens is 278 g/mol. The molecule has 3 N–H and O–H groups in total. The van der Waals surface area contributed by atoms with Crippen LogP contribution in [-0.2, 0) is 6.54 Å². The molecular formula is C12H15Cl2FN2O. The highest BCUT2D eigenvalue weighted by Gasteiger charge is 2.24. The number of β-amino-alcohol motifs (C(OH)–C–C–N with tert-alkyl or cyclic N) is 1. The van der Waals surface area contributed by atoms with E-state index in [4.69, 9.17) is 23.2 Å². The lowest BCUT2D eigenvalue weighted by Gasteiger charge is -2.14. The third-order valence-corrected chi connectivity index (χ3v) is 4.04. The highest BCUT2D eigenvalue weighted by atomic mass is 35.5. The van der Waals surface area contributed by atoms with Crippen LogP contribution in [-0.4, -0.2) is 30.8 Å². The Morgan fingerprint density at radius 1 is 1.33 bits per heavy atom. The average molecular weight is 293 g/mol. The van der Waals surface area contributed by atoms with Crippen molar-refractivity contribution in [1.29, 1.82) is 0 Å². The van der Waals surface area contributed by atoms with Crippen LogP contribution in [0.4, 0.5) is 4.39 Å². The summed E-state index contributed by atoms with van der Waals surface area (Å²) in [6.07, 6.45) is -0.315. The van der Waals surface area contributed by atoms with Crippen molar-refractivity contribution < 1.29 is 9.50 Å². The van der Waals surface area contributed by atoms with Crippen LogP contribution in [0.25, 0.3) is 0 Å². The Balaban J connectivity index is 1.89. The second-order valence-corrected chi connectivity index (χ2v) is 5.21. The number of aliphatic hydroxyl groups excluding tert-OH is 1. The molecule has 0 bridgehead atoms. The van der Waals surface area contributed by atoms with Crippen LogP contribution in [0.2, 0.25) is 10.0 Å². The summed E-state index contributed by atoms with van der Waals surface area (Å²) in [5.41, 5.74) is 0.753. The molecule has 6 heteroatoms. The molecule has 0 amide bonds. The van der Waals surface area contributed by atoms with E-state index < -0.39 is 5.82 Å². The van der Waals surface area contributed by atoms with Gasteiger partial charge < -0.3 is 15.7 Å². The summed E-state index contributed by atoms with van der Waals surface area (Å²) < 4.78 is 13.1. The number of rotatable bonds is 4. The van der Waals surface area contributed by atoms with Gasteiger partial charge in [-0.1, -0.05) is 29.3 Å². The lowest BCUT2D eigenvalue weighted by atomic mass is 10.1. The zero-order valence-corrected chi connectivity index (χ0v) is 11.2. The first-order valence-electron chi connectivity index (χ1n) is 5.81. The van der Waals surface area contributed by atoms with Gasteiger partial charge in [-0.2, -0.15) is 0 Å². The summed E-state index contributed by atoms with van der Waals surface area (Å²) in [7, 11) is 0. The molecule has 1 heterocycles. The standard InChI is InChI=1S/C12H15Cl2FN2O/c13-11-7(1-2-9(15)12(11)14)3-16-4-8-5-17-6-10(8)18/h1-2,8,10,16-18H,3-6H2. The van der Waals surface area contributed by atoms with Gasteiger partial charge in [-0.15, -0.1) is 0 Å². The molecule has 1 aromatic rings. The fraction of sp³-hybridized carbons (Fsp3) is 0.500. The van der Waals surface area contributed by atoms with Gasteiger partial charge in [-0.25, -0.2) is 4.39 Å². The van der Waals surface area contributed by atoms with Gasteiger partial charge in [0.05, 0.1) is 16.1 Å². The number of nitrogens with one attached hydrogen (secondary N) is 2. The molecule has 1 aromatic carbocycles. The first-order chi connectivity index (χ1) is 8.59. The van der Waals surface area contributed by atoms with Gasteiger partial charge in [0.15, 0.2) is 0 Å². The highest BCUT2D eigenvalue weighted by molar-refractivity contribution is 6.42. The lowest BCUT2D eigenvalue weighted by Crippen LogP contribution is -2.30. The molecule has 1 aliphatic rings. The topological polar surface area (TPSA) is 44.3 Å². The molecule has 0 radical (unpaired) electrons. The normalized spacial score (nSPS) is 23.6. The van der Waals surface area contributed by atoms with Gasteiger partial charge in [0, 0.05) is 32.1 Å². The van der Waals surface area contributed by atoms with Crippen LogP contribution in [0.5, 0.6) is 0 Å². The van der Waals surface area contributed by atoms with E-state index in [-0.39, 0.29) is 22.1 Å². The van der Waals surface area contributed by atoms with E-state index in [1.54, 1.807) is 6.07 Å². The quantitative estimate of drug-likeness (QED) is 0.742. The Hall–Kier alpha value is -0.390. The summed E-state index contributed by atoms with van der Waals surface area (Å²) in [6, 6.07) is 2.91. The molecule has 0 saturated carbocycles. The molecule has 100 valence electrons. The summed E-state index contributed by atoms with van der Waals surface area (Å²) in [6.45, 7) is 2.61. The molecule has 0 spiro atoms. The van der Waals surface area contributed by atoms with Crippen molar-refractivity contribution in [3.05, 3.63) is 33.6 Å². The fourth-order valence-electron chi connectivity index (χ4n) is 2.02. The predicted molar refractivity (Wildman–Crippen MR) is 70.5 cm³/mol. The molecule has 2 rings (SSSR count). The second-order valence-electron chi connectivity index (χ2n) is 4.45. The smallest absolute Gasteiger partial charge is 0.143 e. The van der Waals surface area contributed by atoms with Gasteiger partial charge in [0.1, 0.15) is 5.82 Å². The van der Waals surface area contributed by atoms with Crippen LogP contribution in [0.3, 0.4) is 0 Å². The maximum atomic E-state index is 13.1. The zero-order chi connectivity index (χ0) is 13.1. The molecule has 1 aliphatic heterocycles. The van der Waals surface area contributed by atoms with Gasteiger partial charge in [0.2, 0.25) is 0 Å². The maximum absolute atomic E-state index is 13.1. The van der Waals surface area contributed by atoms with E-state index in [1.807, 2.05) is 0 Å². The Bertz CT molecular complexity index is 431. The fourth-order valence-corrected chi connectivity index (χ4v) is 2.43. The molecule has 0 aromatic heterocycles. The van der Waals surface area contributed by atoms with Crippen molar-refractivity contribution in [2.75, 3.05) is 19.6 Å². The van der Waals surface area contributed by atoms with E-state index in [0.29, 0.717) is 19.6 Å². The first kappa shape index (κ1) is 14.0. The molecule has 1 saturated heterocycles. The SMILES string of the molecule is OC1CNCC1CNCc1ccc(F)c(Cl)c1Cl. The second kappa shape index (κ2) is 6.17. The van der Waals surface area contributed by atoms with Crippen LogP contribution >= 0.6 is 23.2 Å². The van der Waals surface area contributed by atoms with Crippen molar-refractivity contribution in [3.63, 3.8) is 0 Å². The van der Waals surface area contributed by atoms with Gasteiger partial charge >= 0.3 is 0 Å². The summed E-state index contributed by atoms with van der Waals surface area (Å²) in [5.74, 6) is -0.319. The van der Waals surface area contributed by atoms with Crippen LogP contribution in [0, 0.1) is 11.7 Å². The number of aliphatic hydroxyl groups is 1. The monoisotopic (exact) mass is 292 g/mol. The predicted octanol–water partition coefficient (Wildman–Crippen LogP) is 1.80. The number of halogens is 3. The van der Waals surface area contributed by atoms with Crippen molar-refractivity contribution >= 4 is 23.2 Å². The zero-order valence-electron chi connectivity index (χ0n) is 9.72. The Morgan fingerprint density at radius 3 is 2.78 bits per heavy atom. The molecule has 0 aliphatic carbocycles. The molecule has 18 heavy (non-hydrogen) atoms. The minimum Gasteiger partial charge on any atom is -0.391 e. The summed E-state index contributed by atoms with van der Waals surface area (Å²) >= 11 is 11.7. The summed E-state index contributed by atoms with van der Waals surface area (Å²) in [4.78, 5) is 0. The van der Waals surface area contributed by atoms with E-state index in [2.05, 4.69) is 10.6 Å². The first-order valence-corrected chi connectivity index (χ1v) is 6.57. The van der Waals surface area contributed by atoms with Gasteiger partial charge in [0.25, 0.3) is 0 Å². The molecule has 2 unspecified atom stereocenters. The Kier molecular flexibility index (Phi) is 4.81. The van der Waals surface area contributed by atoms with E-state index in [0.717, 1.165) is 12.1 Å². The summed E-state index contributed by atoms with van der Waals surface area (Å²) in [5, 5.41) is 16.1. The van der Waals surface area contributed by atoms with Crippen molar-refractivity contribution in [3.8, 4) is 0 Å². The minimum atomic E-state index is -0.513. The van der Waals surface area contributed by atoms with Crippen molar-refractivity contribution in [2.24, 2.45) is 5.92 Å². The average Bonchev–Trinajstić information content (AvgIpc) is 2.75. The molecule has 3 nitrogen and oxygen atoms in total. The Morgan fingerprint density at radius 2 is 2.11 bits per heavy atom. The lowest BCUT2D eigenvalue weighted by molar-refractivity contribution is 0.146. The van der Waals surface area contributed by atoms with Crippen molar-refractivity contribution in [1.82, 2.24) is 10.6 Å². The number of benzene rings is 1. The molecule has 1 fully saturated rings. The molecule has 2 atom stereocenters. The highest BCUT2D eigenvalue weighted by Crippen LogP contribution is 2.28. The Labute approximate surface area is 115 Å². The van der Waals surface area contributed by atoms with E-state index >= 15 is 0 Å². The van der Waals surface area contributed by atoms with Crippen LogP contribution < -0.4 is 10.6 Å². The number of hydrogen-bond donors (Lipinski definition) is 3. The minimum absolute atomic E-state index is 0.0430. The van der Waals surface area contributed by atoms with Crippen LogP contribution in [0.1, 0.15) is 5.56 Å². The maximum Gasteiger partial charge on any atom is 0.143 e. The third kappa shape index (κ3) is 3.13. The van der Waals surface area contributed by atoms with Gasteiger partial charge in [-0.05, 0) is 11.6 Å². The van der Waals surface area contributed by atoms with E-state index in [1.165, 1.54) is 6.07 Å². The van der Waals surface area contributed by atoms with E-state index in [9.17, 15) is 9.50 Å². The van der Waals surface area contributed by atoms with Crippen LogP contribution in [0.15, 0.2) is 12.1 Å².